The minimum Gasteiger partial charge on any atom is -0.495 e. The van der Waals surface area contributed by atoms with E-state index < -0.39 is 6.04 Å². The number of methoxy groups -OCH3 is 1. The summed E-state index contributed by atoms with van der Waals surface area (Å²) in [6.07, 6.45) is 0.838. The van der Waals surface area contributed by atoms with Gasteiger partial charge in [0.2, 0.25) is 5.91 Å². The zero-order chi connectivity index (χ0) is 19.5. The van der Waals surface area contributed by atoms with E-state index in [2.05, 4.69) is 16.7 Å². The highest BCUT2D eigenvalue weighted by molar-refractivity contribution is 7.09. The lowest BCUT2D eigenvalue weighted by Crippen LogP contribution is -2.38. The highest BCUT2D eigenvalue weighted by atomic mass is 32.1. The molecule has 2 aromatic carbocycles. The summed E-state index contributed by atoms with van der Waals surface area (Å²) in [5.41, 5.74) is 2.32. The van der Waals surface area contributed by atoms with Gasteiger partial charge in [-0.3, -0.25) is 4.79 Å². The molecule has 0 saturated heterocycles. The fourth-order valence-electron chi connectivity index (χ4n) is 3.25. The number of benzene rings is 2. The Morgan fingerprint density at radius 3 is 2.79 bits per heavy atom. The predicted molar refractivity (Wildman–Crippen MR) is 114 cm³/mol. The van der Waals surface area contributed by atoms with Crippen molar-refractivity contribution in [1.82, 2.24) is 5.32 Å². The Balaban J connectivity index is 1.49. The number of hydrogen-bond donors (Lipinski definition) is 2. The van der Waals surface area contributed by atoms with E-state index in [1.807, 2.05) is 54.8 Å². The van der Waals surface area contributed by atoms with Crippen LogP contribution in [0.15, 0.2) is 58.3 Å². The van der Waals surface area contributed by atoms with Gasteiger partial charge in [-0.05, 0) is 36.9 Å². The number of carbonyl (C=O) groups is 1. The summed E-state index contributed by atoms with van der Waals surface area (Å²) in [7, 11) is 1.63. The third kappa shape index (κ3) is 3.68. The van der Waals surface area contributed by atoms with Crippen LogP contribution in [0, 0.1) is 0 Å². The predicted octanol–water partition coefficient (Wildman–Crippen LogP) is 4.82. The van der Waals surface area contributed by atoms with Crippen LogP contribution in [-0.2, 0) is 11.2 Å². The number of para-hydroxylation sites is 1. The van der Waals surface area contributed by atoms with Gasteiger partial charge in [0.15, 0.2) is 0 Å². The van der Waals surface area contributed by atoms with Crippen molar-refractivity contribution in [1.29, 1.82) is 0 Å². The highest BCUT2D eigenvalue weighted by Gasteiger charge is 2.17. The maximum atomic E-state index is 12.4. The molecule has 0 unspecified atom stereocenters. The largest absolute Gasteiger partial charge is 0.495 e. The van der Waals surface area contributed by atoms with Crippen molar-refractivity contribution in [3.63, 3.8) is 0 Å². The quantitative estimate of drug-likeness (QED) is 0.472. The van der Waals surface area contributed by atoms with E-state index >= 15 is 0 Å². The van der Waals surface area contributed by atoms with Crippen LogP contribution in [-0.4, -0.2) is 25.6 Å². The van der Waals surface area contributed by atoms with Crippen LogP contribution in [0.3, 0.4) is 0 Å². The summed E-state index contributed by atoms with van der Waals surface area (Å²) in [5, 5.41) is 10.3. The molecule has 0 aliphatic rings. The standard InChI is InChI=1S/C22H22N2O3S/c1-14(22(25)23-10-9-15-6-5-11-28-15)24-18-13-20-17(12-21(18)26-2)16-7-3-4-8-19(16)27-20/h3-8,11-14,24H,9-10H2,1-2H3,(H,23,25)/t14-/m0/s1. The molecule has 2 heterocycles. The van der Waals surface area contributed by atoms with Gasteiger partial charge >= 0.3 is 0 Å². The molecule has 0 aliphatic carbocycles. The van der Waals surface area contributed by atoms with Gasteiger partial charge in [0, 0.05) is 28.3 Å². The van der Waals surface area contributed by atoms with Crippen LogP contribution in [0.1, 0.15) is 11.8 Å². The zero-order valence-electron chi connectivity index (χ0n) is 15.8. The Hall–Kier alpha value is -2.99. The van der Waals surface area contributed by atoms with Crippen LogP contribution in [0.25, 0.3) is 21.9 Å². The van der Waals surface area contributed by atoms with Crippen molar-refractivity contribution in [2.24, 2.45) is 0 Å². The Kier molecular flexibility index (Phi) is 5.21. The molecule has 1 amide bonds. The second kappa shape index (κ2) is 7.94. The van der Waals surface area contributed by atoms with Crippen LogP contribution >= 0.6 is 11.3 Å². The Morgan fingerprint density at radius 2 is 2.00 bits per heavy atom. The zero-order valence-corrected chi connectivity index (χ0v) is 16.6. The van der Waals surface area contributed by atoms with Gasteiger partial charge in [-0.1, -0.05) is 24.3 Å². The van der Waals surface area contributed by atoms with Crippen molar-refractivity contribution in [2.75, 3.05) is 19.0 Å². The molecule has 0 fully saturated rings. The molecule has 4 rings (SSSR count). The molecule has 0 radical (unpaired) electrons. The third-order valence-corrected chi connectivity index (χ3v) is 5.65. The first-order chi connectivity index (χ1) is 13.7. The lowest BCUT2D eigenvalue weighted by molar-refractivity contribution is -0.121. The van der Waals surface area contributed by atoms with E-state index in [0.717, 1.165) is 34.0 Å². The number of carbonyl (C=O) groups excluding carboxylic acids is 1. The highest BCUT2D eigenvalue weighted by Crippen LogP contribution is 2.36. The third-order valence-electron chi connectivity index (χ3n) is 4.71. The van der Waals surface area contributed by atoms with Gasteiger partial charge < -0.3 is 19.8 Å². The second-order valence-electron chi connectivity index (χ2n) is 6.63. The SMILES string of the molecule is COc1cc2c(cc1N[C@@H](C)C(=O)NCCc1cccs1)oc1ccccc12. The van der Waals surface area contributed by atoms with Crippen LogP contribution in [0.4, 0.5) is 5.69 Å². The number of thiophene rings is 1. The van der Waals surface area contributed by atoms with E-state index in [-0.39, 0.29) is 5.91 Å². The van der Waals surface area contributed by atoms with Gasteiger partial charge in [0.25, 0.3) is 0 Å². The normalized spacial score (nSPS) is 12.2. The van der Waals surface area contributed by atoms with Gasteiger partial charge in [0.05, 0.1) is 12.8 Å². The Morgan fingerprint density at radius 1 is 1.14 bits per heavy atom. The van der Waals surface area contributed by atoms with Crippen LogP contribution in [0.2, 0.25) is 0 Å². The molecule has 144 valence electrons. The number of furan rings is 1. The minimum atomic E-state index is -0.404. The first-order valence-corrected chi connectivity index (χ1v) is 10.1. The molecule has 0 bridgehead atoms. The topological polar surface area (TPSA) is 63.5 Å². The number of anilines is 1. The molecule has 28 heavy (non-hydrogen) atoms. The first-order valence-electron chi connectivity index (χ1n) is 9.21. The van der Waals surface area contributed by atoms with E-state index in [0.29, 0.717) is 12.3 Å². The summed E-state index contributed by atoms with van der Waals surface area (Å²) < 4.78 is 11.5. The van der Waals surface area contributed by atoms with Crippen LogP contribution < -0.4 is 15.4 Å². The summed E-state index contributed by atoms with van der Waals surface area (Å²) >= 11 is 1.70. The van der Waals surface area contributed by atoms with E-state index in [1.54, 1.807) is 18.4 Å². The van der Waals surface area contributed by atoms with Gasteiger partial charge in [-0.2, -0.15) is 0 Å². The molecular formula is C22H22N2O3S. The van der Waals surface area contributed by atoms with E-state index in [1.165, 1.54) is 4.88 Å². The van der Waals surface area contributed by atoms with Crippen molar-refractivity contribution in [2.45, 2.75) is 19.4 Å². The number of amides is 1. The van der Waals surface area contributed by atoms with E-state index in [9.17, 15) is 4.79 Å². The average Bonchev–Trinajstić information content (AvgIpc) is 3.34. The molecule has 0 saturated carbocycles. The maximum absolute atomic E-state index is 12.4. The molecule has 4 aromatic rings. The summed E-state index contributed by atoms with van der Waals surface area (Å²) in [6.45, 7) is 2.45. The molecule has 1 atom stereocenters. The summed E-state index contributed by atoms with van der Waals surface area (Å²) in [6, 6.07) is 15.4. The minimum absolute atomic E-state index is 0.0525. The number of nitrogens with one attached hydrogen (secondary N) is 2. The fourth-order valence-corrected chi connectivity index (χ4v) is 3.96. The number of hydrogen-bond acceptors (Lipinski definition) is 5. The Labute approximate surface area is 167 Å². The number of ether oxygens (including phenoxy) is 1. The maximum Gasteiger partial charge on any atom is 0.242 e. The van der Waals surface area contributed by atoms with Crippen LogP contribution in [0.5, 0.6) is 5.75 Å². The van der Waals surface area contributed by atoms with Crippen molar-refractivity contribution >= 4 is 44.9 Å². The van der Waals surface area contributed by atoms with Crippen molar-refractivity contribution < 1.29 is 13.9 Å². The lowest BCUT2D eigenvalue weighted by atomic mass is 10.1. The average molecular weight is 394 g/mol. The number of rotatable bonds is 7. The lowest BCUT2D eigenvalue weighted by Gasteiger charge is -2.17. The first kappa shape index (κ1) is 18.4. The van der Waals surface area contributed by atoms with Gasteiger partial charge in [-0.25, -0.2) is 0 Å². The molecular weight excluding hydrogens is 372 g/mol. The summed E-state index contributed by atoms with van der Waals surface area (Å²) in [5.74, 6) is 0.626. The smallest absolute Gasteiger partial charge is 0.242 e. The molecule has 0 spiro atoms. The summed E-state index contributed by atoms with van der Waals surface area (Å²) in [4.78, 5) is 13.7. The van der Waals surface area contributed by atoms with Crippen molar-refractivity contribution in [3.05, 3.63) is 58.8 Å². The molecule has 0 aliphatic heterocycles. The van der Waals surface area contributed by atoms with E-state index in [4.69, 9.17) is 9.15 Å². The van der Waals surface area contributed by atoms with Gasteiger partial charge in [-0.15, -0.1) is 11.3 Å². The Bertz CT molecular complexity index is 1100. The molecule has 2 aromatic heterocycles. The molecule has 5 nitrogen and oxygen atoms in total. The fraction of sp³-hybridized carbons (Fsp3) is 0.227. The van der Waals surface area contributed by atoms with Gasteiger partial charge in [0.1, 0.15) is 23.0 Å². The monoisotopic (exact) mass is 394 g/mol. The molecule has 2 N–H and O–H groups in total. The second-order valence-corrected chi connectivity index (χ2v) is 7.67. The molecule has 6 heteroatoms. The van der Waals surface area contributed by atoms with Crippen molar-refractivity contribution in [3.8, 4) is 5.75 Å². The number of fused-ring (bicyclic) bond motifs is 3.